The van der Waals surface area contributed by atoms with Gasteiger partial charge in [-0.1, -0.05) is 5.34 Å². The van der Waals surface area contributed by atoms with E-state index >= 15 is 0 Å². The molecule has 0 spiro atoms. The number of H-pyrrole nitrogens is 1. The zero-order valence-electron chi connectivity index (χ0n) is 7.33. The Morgan fingerprint density at radius 2 is 1.93 bits per heavy atom. The third kappa shape index (κ3) is 1.38. The summed E-state index contributed by atoms with van der Waals surface area (Å²) in [6.45, 7) is 0. The standard InChI is InChI=1S/C6H4B4N2O2/c7-5(8)1-2-3(6(9,10)12-5)14-11-4(2)13/h12H,1H2,(H,11,13). The molecule has 2 rings (SSSR count). The molecular weight excluding hydrogens is 175 g/mol. The minimum absolute atomic E-state index is 0.102. The van der Waals surface area contributed by atoms with Crippen LogP contribution in [0.5, 0.6) is 0 Å². The van der Waals surface area contributed by atoms with E-state index in [-0.39, 0.29) is 17.7 Å². The maximum atomic E-state index is 11.2. The molecule has 1 aromatic rings. The summed E-state index contributed by atoms with van der Waals surface area (Å²) < 4.78 is 4.83. The second-order valence-corrected chi connectivity index (χ2v) is 3.55. The molecule has 1 aliphatic rings. The van der Waals surface area contributed by atoms with Crippen LogP contribution in [0.25, 0.3) is 0 Å². The number of hydrogen-bond donors (Lipinski definition) is 2. The molecule has 0 aliphatic carbocycles. The molecule has 0 saturated heterocycles. The predicted molar refractivity (Wildman–Crippen MR) is 53.6 cm³/mol. The molecular formula is C6H4B4N2O2. The van der Waals surface area contributed by atoms with E-state index in [0.717, 1.165) is 0 Å². The molecule has 2 N–H and O–H groups in total. The number of aromatic amines is 1. The molecule has 0 fully saturated rings. The quantitative estimate of drug-likeness (QED) is 0.435. The van der Waals surface area contributed by atoms with Crippen molar-refractivity contribution in [2.24, 2.45) is 0 Å². The normalized spacial score (nSPS) is 22.9. The molecule has 1 aromatic heterocycles. The molecule has 4 nitrogen and oxygen atoms in total. The van der Waals surface area contributed by atoms with Crippen LogP contribution < -0.4 is 10.9 Å². The Balaban J connectivity index is 2.60. The van der Waals surface area contributed by atoms with Crippen molar-refractivity contribution in [1.29, 1.82) is 0 Å². The van der Waals surface area contributed by atoms with E-state index in [4.69, 9.17) is 35.9 Å². The Hall–Kier alpha value is -0.770. The van der Waals surface area contributed by atoms with Gasteiger partial charge >= 0.3 is 0 Å². The van der Waals surface area contributed by atoms with Crippen molar-refractivity contribution in [1.82, 2.24) is 10.5 Å². The van der Waals surface area contributed by atoms with E-state index in [1.165, 1.54) is 0 Å². The Morgan fingerprint density at radius 3 is 2.57 bits per heavy atom. The van der Waals surface area contributed by atoms with Crippen molar-refractivity contribution in [3.05, 3.63) is 21.7 Å². The van der Waals surface area contributed by atoms with Gasteiger partial charge in [-0.25, -0.2) is 0 Å². The van der Waals surface area contributed by atoms with E-state index in [0.29, 0.717) is 0 Å². The Morgan fingerprint density at radius 1 is 1.29 bits per heavy atom. The highest BCUT2D eigenvalue weighted by Crippen LogP contribution is 2.25. The molecule has 1 aliphatic heterocycles. The highest BCUT2D eigenvalue weighted by Gasteiger charge is 2.39. The first-order valence-corrected chi connectivity index (χ1v) is 3.97. The Labute approximate surface area is 85.8 Å². The maximum Gasteiger partial charge on any atom is 0.283 e. The molecule has 0 saturated carbocycles. The van der Waals surface area contributed by atoms with Crippen LogP contribution in [0.4, 0.5) is 0 Å². The first-order valence-electron chi connectivity index (χ1n) is 3.97. The zero-order valence-corrected chi connectivity index (χ0v) is 7.33. The highest BCUT2D eigenvalue weighted by molar-refractivity contribution is 6.44. The number of rotatable bonds is 0. The van der Waals surface area contributed by atoms with Crippen molar-refractivity contribution < 1.29 is 4.52 Å². The number of nitrogens with one attached hydrogen (secondary N) is 2. The predicted octanol–water partition coefficient (Wildman–Crippen LogP) is -2.45. The molecule has 0 atom stereocenters. The number of fused-ring (bicyclic) bond motifs is 1. The molecule has 0 unspecified atom stereocenters. The fourth-order valence-corrected chi connectivity index (χ4v) is 1.60. The van der Waals surface area contributed by atoms with Gasteiger partial charge in [0, 0.05) is 5.34 Å². The molecule has 8 radical (unpaired) electrons. The zero-order chi connectivity index (χ0) is 10.6. The van der Waals surface area contributed by atoms with Crippen LogP contribution in [0.3, 0.4) is 0 Å². The summed E-state index contributed by atoms with van der Waals surface area (Å²) in [6.07, 6.45) is 0.102. The van der Waals surface area contributed by atoms with Crippen molar-refractivity contribution in [2.75, 3.05) is 0 Å². The smallest absolute Gasteiger partial charge is 0.283 e. The Bertz CT molecular complexity index is 422. The topological polar surface area (TPSA) is 58.0 Å². The van der Waals surface area contributed by atoms with Crippen LogP contribution in [0.1, 0.15) is 11.3 Å². The van der Waals surface area contributed by atoms with Crippen LogP contribution >= 0.6 is 0 Å². The molecule has 14 heavy (non-hydrogen) atoms. The SMILES string of the molecule is [B]C1([B])Cc2c(o[nH]c2=O)C([B])([B])N1. The minimum atomic E-state index is -1.53. The van der Waals surface area contributed by atoms with Gasteiger partial charge in [-0.3, -0.25) is 4.79 Å². The van der Waals surface area contributed by atoms with Gasteiger partial charge in [-0.2, -0.15) is 5.16 Å². The van der Waals surface area contributed by atoms with Gasteiger partial charge in [-0.05, 0) is 6.42 Å². The average molecular weight is 179 g/mol. The van der Waals surface area contributed by atoms with Crippen LogP contribution in [0, 0.1) is 0 Å². The summed E-state index contributed by atoms with van der Waals surface area (Å²) in [6, 6.07) is 0. The highest BCUT2D eigenvalue weighted by atomic mass is 16.5. The molecule has 0 amide bonds. The van der Waals surface area contributed by atoms with E-state index in [9.17, 15) is 4.79 Å². The van der Waals surface area contributed by atoms with Gasteiger partial charge < -0.3 is 9.84 Å². The average Bonchev–Trinajstić information content (AvgIpc) is 2.28. The second kappa shape index (κ2) is 2.63. The maximum absolute atomic E-state index is 11.2. The van der Waals surface area contributed by atoms with Crippen LogP contribution in [-0.4, -0.2) is 41.9 Å². The summed E-state index contributed by atoms with van der Waals surface area (Å²) in [5, 5.41) is 1.85. The summed E-state index contributed by atoms with van der Waals surface area (Å²) in [5.74, 6) is 0.133. The fraction of sp³-hybridized carbons (Fsp3) is 0.500. The van der Waals surface area contributed by atoms with Gasteiger partial charge in [0.1, 0.15) is 5.76 Å². The van der Waals surface area contributed by atoms with Crippen molar-refractivity contribution >= 4 is 31.4 Å². The van der Waals surface area contributed by atoms with Gasteiger partial charge in [0.2, 0.25) is 0 Å². The van der Waals surface area contributed by atoms with Crippen LogP contribution in [0.2, 0.25) is 0 Å². The van der Waals surface area contributed by atoms with E-state index in [1.807, 2.05) is 0 Å². The summed E-state index contributed by atoms with van der Waals surface area (Å²) in [4.78, 5) is 11.2. The number of hydrogen-bond acceptors (Lipinski definition) is 3. The van der Waals surface area contributed by atoms with Gasteiger partial charge in [0.25, 0.3) is 5.56 Å². The second-order valence-electron chi connectivity index (χ2n) is 3.55. The van der Waals surface area contributed by atoms with Crippen molar-refractivity contribution in [3.8, 4) is 0 Å². The molecule has 8 heteroatoms. The molecule has 2 heterocycles. The lowest BCUT2D eigenvalue weighted by Gasteiger charge is -2.42. The van der Waals surface area contributed by atoms with E-state index < -0.39 is 16.2 Å². The Kier molecular flexibility index (Phi) is 1.83. The van der Waals surface area contributed by atoms with E-state index in [1.54, 1.807) is 0 Å². The molecule has 0 aromatic carbocycles. The largest absolute Gasteiger partial charge is 0.383 e. The first-order chi connectivity index (χ1) is 6.32. The summed E-state index contributed by atoms with van der Waals surface area (Å²) >= 11 is 0. The minimum Gasteiger partial charge on any atom is -0.383 e. The number of aromatic nitrogens is 1. The lowest BCUT2D eigenvalue weighted by Crippen LogP contribution is -2.63. The van der Waals surface area contributed by atoms with Crippen molar-refractivity contribution in [3.63, 3.8) is 0 Å². The summed E-state index contributed by atoms with van der Waals surface area (Å²) in [5.41, 5.74) is -0.138. The third-order valence-corrected chi connectivity index (χ3v) is 2.08. The summed E-state index contributed by atoms with van der Waals surface area (Å²) in [7, 11) is 22.5. The lowest BCUT2D eigenvalue weighted by molar-refractivity contribution is 0.330. The molecule has 62 valence electrons. The van der Waals surface area contributed by atoms with Crippen LogP contribution in [-0.2, 0) is 11.8 Å². The van der Waals surface area contributed by atoms with Crippen LogP contribution in [0.15, 0.2) is 9.32 Å². The van der Waals surface area contributed by atoms with Gasteiger partial charge in [0.05, 0.1) is 36.9 Å². The van der Waals surface area contributed by atoms with E-state index in [2.05, 4.69) is 10.5 Å². The lowest BCUT2D eigenvalue weighted by atomic mass is 9.49. The third-order valence-electron chi connectivity index (χ3n) is 2.08. The first kappa shape index (κ1) is 9.77. The van der Waals surface area contributed by atoms with Crippen molar-refractivity contribution in [2.45, 2.75) is 17.1 Å². The molecule has 0 bridgehead atoms. The van der Waals surface area contributed by atoms with Gasteiger partial charge in [-0.15, -0.1) is 0 Å². The fourth-order valence-electron chi connectivity index (χ4n) is 1.60. The monoisotopic (exact) mass is 180 g/mol. The van der Waals surface area contributed by atoms with Gasteiger partial charge in [0.15, 0.2) is 0 Å².